The molecule has 2 aromatic heterocycles. The number of hydrogen-bond acceptors (Lipinski definition) is 5. The van der Waals surface area contributed by atoms with E-state index in [0.29, 0.717) is 5.02 Å². The monoisotopic (exact) mass is 398 g/mol. The molecule has 0 unspecified atom stereocenters. The van der Waals surface area contributed by atoms with Gasteiger partial charge in [-0.1, -0.05) is 11.6 Å². The van der Waals surface area contributed by atoms with Crippen LogP contribution in [0.2, 0.25) is 5.02 Å². The molecule has 0 amide bonds. The first kappa shape index (κ1) is 18.0. The molecule has 0 aliphatic carbocycles. The number of esters is 1. The number of halogens is 2. The summed E-state index contributed by atoms with van der Waals surface area (Å²) < 4.78 is 29.6. The molecule has 0 radical (unpaired) electrons. The number of fused-ring (bicyclic) bond motifs is 1. The maximum atomic E-state index is 13.1. The molecular weight excluding hydrogens is 387 g/mol. The van der Waals surface area contributed by atoms with Crippen LogP contribution >= 0.6 is 11.6 Å². The Balaban J connectivity index is 1.90. The summed E-state index contributed by atoms with van der Waals surface area (Å²) in [6, 6.07) is 11.0. The van der Waals surface area contributed by atoms with E-state index in [0.717, 1.165) is 17.7 Å². The zero-order chi connectivity index (χ0) is 19.8. The fourth-order valence-electron chi connectivity index (χ4n) is 2.70. The second-order valence-corrected chi connectivity index (χ2v) is 6.47. The average Bonchev–Trinajstić information content (AvgIpc) is 3.20. The Morgan fingerprint density at radius 2 is 1.89 bits per heavy atom. The Labute approximate surface area is 162 Å². The minimum atomic E-state index is -0.835. The summed E-state index contributed by atoms with van der Waals surface area (Å²) in [4.78, 5) is 25.5. The maximum absolute atomic E-state index is 13.1. The largest absolute Gasteiger partial charge is 0.461 e. The molecule has 0 saturated heterocycles. The molecule has 2 heterocycles. The van der Waals surface area contributed by atoms with Gasteiger partial charge < -0.3 is 13.6 Å². The summed E-state index contributed by atoms with van der Waals surface area (Å²) in [6.07, 6.45) is 1.40. The molecule has 0 bridgehead atoms. The van der Waals surface area contributed by atoms with Crippen molar-refractivity contribution in [3.05, 3.63) is 87.0 Å². The molecule has 0 saturated carbocycles. The predicted octanol–water partition coefficient (Wildman–Crippen LogP) is 5.37. The Bertz CT molecular complexity index is 1240. The first-order chi connectivity index (χ1) is 13.4. The summed E-state index contributed by atoms with van der Waals surface area (Å²) in [6.45, 7) is 1.77. The van der Waals surface area contributed by atoms with Crippen molar-refractivity contribution in [3.8, 4) is 17.3 Å². The number of rotatable bonds is 3. The molecule has 140 valence electrons. The normalized spacial score (nSPS) is 11.0. The third kappa shape index (κ3) is 3.18. The Morgan fingerprint density at radius 3 is 2.57 bits per heavy atom. The molecule has 28 heavy (non-hydrogen) atoms. The molecule has 2 aromatic carbocycles. The molecule has 0 aliphatic rings. The smallest absolute Gasteiger partial charge is 0.343 e. The number of aryl methyl sites for hydroxylation is 1. The lowest BCUT2D eigenvalue weighted by Gasteiger charge is -2.10. The Kier molecular flexibility index (Phi) is 4.49. The van der Waals surface area contributed by atoms with Gasteiger partial charge in [0.25, 0.3) is 0 Å². The van der Waals surface area contributed by atoms with E-state index < -0.39 is 17.2 Å². The van der Waals surface area contributed by atoms with Gasteiger partial charge in [0.1, 0.15) is 11.4 Å². The van der Waals surface area contributed by atoms with E-state index in [1.807, 2.05) is 0 Å². The fourth-order valence-corrected chi connectivity index (χ4v) is 2.86. The number of benzene rings is 2. The van der Waals surface area contributed by atoms with E-state index in [1.165, 1.54) is 24.5 Å². The van der Waals surface area contributed by atoms with Crippen LogP contribution in [0.15, 0.2) is 68.4 Å². The van der Waals surface area contributed by atoms with Gasteiger partial charge in [-0.05, 0) is 61.0 Å². The van der Waals surface area contributed by atoms with Crippen LogP contribution in [0.5, 0.6) is 5.75 Å². The van der Waals surface area contributed by atoms with Gasteiger partial charge in [-0.15, -0.1) is 0 Å². The zero-order valence-electron chi connectivity index (χ0n) is 14.5. The number of ether oxygens (including phenoxy) is 1. The van der Waals surface area contributed by atoms with Crippen molar-refractivity contribution in [1.29, 1.82) is 0 Å². The molecule has 5 nitrogen and oxygen atoms in total. The average molecular weight is 399 g/mol. The van der Waals surface area contributed by atoms with E-state index in [4.69, 9.17) is 25.2 Å². The second-order valence-electron chi connectivity index (χ2n) is 6.06. The molecule has 4 rings (SSSR count). The van der Waals surface area contributed by atoms with Gasteiger partial charge in [0, 0.05) is 5.02 Å². The van der Waals surface area contributed by atoms with Gasteiger partial charge in [0.05, 0.1) is 17.2 Å². The highest BCUT2D eigenvalue weighted by atomic mass is 35.5. The quantitative estimate of drug-likeness (QED) is 0.434. The van der Waals surface area contributed by atoms with Gasteiger partial charge in [-0.25, -0.2) is 9.18 Å². The van der Waals surface area contributed by atoms with E-state index in [-0.39, 0.29) is 33.8 Å². The zero-order valence-corrected chi connectivity index (χ0v) is 15.2. The molecular formula is C21H12ClFO5. The molecule has 0 atom stereocenters. The highest BCUT2D eigenvalue weighted by Gasteiger charge is 2.23. The standard InChI is InChI=1S/C21H12ClFO5/c1-11-9-17-14(10-15(11)22)18(24)20(19(27-17)16-3-2-8-26-16)28-21(25)12-4-6-13(23)7-5-12/h2-10H,1H3. The molecule has 0 fully saturated rings. The van der Waals surface area contributed by atoms with Crippen molar-refractivity contribution in [2.24, 2.45) is 0 Å². The molecule has 7 heteroatoms. The first-order valence-electron chi connectivity index (χ1n) is 8.22. The second kappa shape index (κ2) is 6.98. The third-order valence-electron chi connectivity index (χ3n) is 4.15. The Hall–Kier alpha value is -3.38. The van der Waals surface area contributed by atoms with Crippen molar-refractivity contribution in [2.45, 2.75) is 6.92 Å². The van der Waals surface area contributed by atoms with Crippen LogP contribution in [0.3, 0.4) is 0 Å². The lowest BCUT2D eigenvalue weighted by atomic mass is 10.1. The first-order valence-corrected chi connectivity index (χ1v) is 8.60. The number of hydrogen-bond donors (Lipinski definition) is 0. The van der Waals surface area contributed by atoms with Crippen LogP contribution in [0.25, 0.3) is 22.5 Å². The number of furan rings is 1. The summed E-state index contributed by atoms with van der Waals surface area (Å²) in [5.41, 5.74) is 0.497. The van der Waals surface area contributed by atoms with Crippen LogP contribution in [0.1, 0.15) is 15.9 Å². The highest BCUT2D eigenvalue weighted by molar-refractivity contribution is 6.32. The van der Waals surface area contributed by atoms with Gasteiger partial charge in [-0.2, -0.15) is 0 Å². The van der Waals surface area contributed by atoms with Crippen molar-refractivity contribution in [3.63, 3.8) is 0 Å². The van der Waals surface area contributed by atoms with Gasteiger partial charge in [-0.3, -0.25) is 4.79 Å². The maximum Gasteiger partial charge on any atom is 0.343 e. The van der Waals surface area contributed by atoms with Crippen molar-refractivity contribution < 1.29 is 22.8 Å². The summed E-state index contributed by atoms with van der Waals surface area (Å²) >= 11 is 6.13. The lowest BCUT2D eigenvalue weighted by molar-refractivity contribution is 0.0731. The van der Waals surface area contributed by atoms with Gasteiger partial charge in [0.2, 0.25) is 16.9 Å². The summed E-state index contributed by atoms with van der Waals surface area (Å²) in [5, 5.41) is 0.536. The van der Waals surface area contributed by atoms with E-state index >= 15 is 0 Å². The summed E-state index contributed by atoms with van der Waals surface area (Å²) in [5.74, 6) is -1.48. The fraction of sp³-hybridized carbons (Fsp3) is 0.0476. The van der Waals surface area contributed by atoms with E-state index in [1.54, 1.807) is 25.1 Å². The van der Waals surface area contributed by atoms with Crippen LogP contribution in [-0.4, -0.2) is 5.97 Å². The minimum Gasteiger partial charge on any atom is -0.461 e. The van der Waals surface area contributed by atoms with E-state index in [2.05, 4.69) is 0 Å². The molecule has 4 aromatic rings. The SMILES string of the molecule is Cc1cc2oc(-c3ccco3)c(OC(=O)c3ccc(F)cc3)c(=O)c2cc1Cl. The van der Waals surface area contributed by atoms with Crippen LogP contribution in [0, 0.1) is 12.7 Å². The number of carbonyl (C=O) groups excluding carboxylic acids is 1. The lowest BCUT2D eigenvalue weighted by Crippen LogP contribution is -2.16. The summed E-state index contributed by atoms with van der Waals surface area (Å²) in [7, 11) is 0. The van der Waals surface area contributed by atoms with Gasteiger partial charge >= 0.3 is 5.97 Å². The van der Waals surface area contributed by atoms with Crippen molar-refractivity contribution >= 4 is 28.5 Å². The van der Waals surface area contributed by atoms with Crippen LogP contribution in [0.4, 0.5) is 4.39 Å². The minimum absolute atomic E-state index is 0.0281. The predicted molar refractivity (Wildman–Crippen MR) is 101 cm³/mol. The van der Waals surface area contributed by atoms with Crippen molar-refractivity contribution in [2.75, 3.05) is 0 Å². The Morgan fingerprint density at radius 1 is 1.14 bits per heavy atom. The highest BCUT2D eigenvalue weighted by Crippen LogP contribution is 2.33. The molecule has 0 aliphatic heterocycles. The topological polar surface area (TPSA) is 69.7 Å². The van der Waals surface area contributed by atoms with Crippen LogP contribution in [-0.2, 0) is 0 Å². The van der Waals surface area contributed by atoms with Crippen LogP contribution < -0.4 is 10.2 Å². The molecule has 0 spiro atoms. The third-order valence-corrected chi connectivity index (χ3v) is 4.56. The van der Waals surface area contributed by atoms with Gasteiger partial charge in [0.15, 0.2) is 5.76 Å². The number of carbonyl (C=O) groups is 1. The van der Waals surface area contributed by atoms with Crippen molar-refractivity contribution in [1.82, 2.24) is 0 Å². The van der Waals surface area contributed by atoms with E-state index in [9.17, 15) is 14.0 Å². The molecule has 0 N–H and O–H groups in total.